The predicted molar refractivity (Wildman–Crippen MR) is 74.0 cm³/mol. The molecule has 2 rings (SSSR count). The first-order valence-electron chi connectivity index (χ1n) is 6.43. The molecule has 0 bridgehead atoms. The first-order valence-corrected chi connectivity index (χ1v) is 7.23. The summed E-state index contributed by atoms with van der Waals surface area (Å²) in [6.07, 6.45) is 2.97. The Morgan fingerprint density at radius 2 is 2.11 bits per heavy atom. The predicted octanol–water partition coefficient (Wildman–Crippen LogP) is 3.55. The summed E-state index contributed by atoms with van der Waals surface area (Å²) in [5.41, 5.74) is 0.507. The van der Waals surface area contributed by atoms with E-state index in [9.17, 15) is 4.79 Å². The molecule has 1 aliphatic heterocycles. The summed E-state index contributed by atoms with van der Waals surface area (Å²) in [6.45, 7) is 7.02. The lowest BCUT2D eigenvalue weighted by atomic mass is 9.94. The highest BCUT2D eigenvalue weighted by Gasteiger charge is 2.29. The normalized spacial score (nSPS) is 17.6. The maximum Gasteiger partial charge on any atom is 0.410 e. The summed E-state index contributed by atoms with van der Waals surface area (Å²) in [5.74, 6) is 0.340. The van der Waals surface area contributed by atoms with Gasteiger partial charge in [-0.2, -0.15) is 0 Å². The molecule has 6 heteroatoms. The number of piperidine rings is 1. The Morgan fingerprint density at radius 3 is 2.58 bits per heavy atom. The van der Waals surface area contributed by atoms with E-state index in [-0.39, 0.29) is 6.09 Å². The van der Waals surface area contributed by atoms with Gasteiger partial charge in [-0.15, -0.1) is 0 Å². The molecule has 106 valence electrons. The van der Waals surface area contributed by atoms with Crippen molar-refractivity contribution in [3.05, 3.63) is 16.8 Å². The van der Waals surface area contributed by atoms with Crippen LogP contribution in [0.3, 0.4) is 0 Å². The third kappa shape index (κ3) is 3.72. The molecule has 0 saturated carbocycles. The molecule has 0 atom stereocenters. The van der Waals surface area contributed by atoms with Crippen molar-refractivity contribution in [2.75, 3.05) is 13.1 Å². The van der Waals surface area contributed by atoms with E-state index in [2.05, 4.69) is 20.9 Å². The molecule has 19 heavy (non-hydrogen) atoms. The molecule has 0 radical (unpaired) electrons. The van der Waals surface area contributed by atoms with Crippen molar-refractivity contribution < 1.29 is 13.9 Å². The molecule has 0 aromatic carbocycles. The number of carbonyl (C=O) groups is 1. The van der Waals surface area contributed by atoms with Crippen LogP contribution in [-0.4, -0.2) is 34.7 Å². The summed E-state index contributed by atoms with van der Waals surface area (Å²) >= 11 is 3.35. The summed E-state index contributed by atoms with van der Waals surface area (Å²) in [5, 5.41) is 0. The topological polar surface area (TPSA) is 55.6 Å². The van der Waals surface area contributed by atoms with Crippen LogP contribution < -0.4 is 0 Å². The highest BCUT2D eigenvalue weighted by Crippen LogP contribution is 2.32. The number of hydrogen-bond acceptors (Lipinski definition) is 4. The standard InChI is InChI=1S/C13H19BrN2O3/c1-13(2,3)19-12(17)16-6-4-9(5-7-16)10-11(14)18-8-15-10/h8-9H,4-7H2,1-3H3. The van der Waals surface area contributed by atoms with Gasteiger partial charge in [0.05, 0.1) is 5.69 Å². The molecule has 1 aromatic heterocycles. The van der Waals surface area contributed by atoms with Crippen molar-refractivity contribution >= 4 is 22.0 Å². The number of amides is 1. The molecule has 0 aliphatic carbocycles. The lowest BCUT2D eigenvalue weighted by molar-refractivity contribution is 0.0204. The van der Waals surface area contributed by atoms with Crippen LogP contribution in [0.2, 0.25) is 0 Å². The molecule has 1 aliphatic rings. The van der Waals surface area contributed by atoms with Crippen LogP contribution in [-0.2, 0) is 4.74 Å². The van der Waals surface area contributed by atoms with Gasteiger partial charge in [0.1, 0.15) is 5.60 Å². The van der Waals surface area contributed by atoms with Gasteiger partial charge in [0.25, 0.3) is 0 Å². The van der Waals surface area contributed by atoms with Crippen molar-refractivity contribution in [3.8, 4) is 0 Å². The number of rotatable bonds is 1. The summed E-state index contributed by atoms with van der Waals surface area (Å²) in [4.78, 5) is 17.9. The second-order valence-corrected chi connectivity index (χ2v) is 6.47. The van der Waals surface area contributed by atoms with Gasteiger partial charge in [-0.25, -0.2) is 9.78 Å². The van der Waals surface area contributed by atoms with E-state index < -0.39 is 5.60 Å². The second-order valence-electron chi connectivity index (χ2n) is 5.75. The highest BCUT2D eigenvalue weighted by molar-refractivity contribution is 9.10. The smallest absolute Gasteiger partial charge is 0.410 e. The molecule has 2 heterocycles. The monoisotopic (exact) mass is 330 g/mol. The number of aromatic nitrogens is 1. The van der Waals surface area contributed by atoms with E-state index in [0.29, 0.717) is 23.7 Å². The third-order valence-corrected chi connectivity index (χ3v) is 3.68. The molecule has 0 spiro atoms. The molecular formula is C13H19BrN2O3. The van der Waals surface area contributed by atoms with E-state index in [1.807, 2.05) is 20.8 Å². The number of ether oxygens (including phenoxy) is 1. The van der Waals surface area contributed by atoms with Gasteiger partial charge in [-0.1, -0.05) is 0 Å². The summed E-state index contributed by atoms with van der Waals surface area (Å²) in [7, 11) is 0. The van der Waals surface area contributed by atoms with Gasteiger partial charge in [0.15, 0.2) is 11.1 Å². The van der Waals surface area contributed by atoms with Crippen molar-refractivity contribution in [3.63, 3.8) is 0 Å². The minimum absolute atomic E-state index is 0.231. The number of likely N-dealkylation sites (tertiary alicyclic amines) is 1. The van der Waals surface area contributed by atoms with Crippen LogP contribution in [0.5, 0.6) is 0 Å². The van der Waals surface area contributed by atoms with Crippen molar-refractivity contribution in [2.45, 2.75) is 45.1 Å². The van der Waals surface area contributed by atoms with Gasteiger partial charge in [-0.3, -0.25) is 0 Å². The highest BCUT2D eigenvalue weighted by atomic mass is 79.9. The van der Waals surface area contributed by atoms with Crippen molar-refractivity contribution in [2.24, 2.45) is 0 Å². The van der Waals surface area contributed by atoms with Crippen LogP contribution in [0.1, 0.15) is 45.2 Å². The fourth-order valence-electron chi connectivity index (χ4n) is 2.17. The maximum absolute atomic E-state index is 11.9. The SMILES string of the molecule is CC(C)(C)OC(=O)N1CCC(c2ncoc2Br)CC1. The Morgan fingerprint density at radius 1 is 1.47 bits per heavy atom. The average Bonchev–Trinajstić information content (AvgIpc) is 2.73. The lowest BCUT2D eigenvalue weighted by Gasteiger charge is -2.32. The maximum atomic E-state index is 11.9. The van der Waals surface area contributed by atoms with Crippen LogP contribution in [0.4, 0.5) is 4.79 Å². The first kappa shape index (κ1) is 14.4. The number of halogens is 1. The Labute approximate surface area is 121 Å². The summed E-state index contributed by atoms with van der Waals surface area (Å²) < 4.78 is 11.2. The lowest BCUT2D eigenvalue weighted by Crippen LogP contribution is -2.41. The largest absolute Gasteiger partial charge is 0.444 e. The van der Waals surface area contributed by atoms with E-state index in [1.165, 1.54) is 6.39 Å². The Bertz CT molecular complexity index is 445. The fourth-order valence-corrected chi connectivity index (χ4v) is 2.68. The Hall–Kier alpha value is -1.04. The Balaban J connectivity index is 1.89. The van der Waals surface area contributed by atoms with Crippen molar-refractivity contribution in [1.82, 2.24) is 9.88 Å². The fraction of sp³-hybridized carbons (Fsp3) is 0.692. The van der Waals surface area contributed by atoms with Gasteiger partial charge in [0, 0.05) is 19.0 Å². The average molecular weight is 331 g/mol. The van der Waals surface area contributed by atoms with Gasteiger partial charge in [-0.05, 0) is 49.5 Å². The zero-order valence-corrected chi connectivity index (χ0v) is 13.1. The van der Waals surface area contributed by atoms with Crippen molar-refractivity contribution in [1.29, 1.82) is 0 Å². The molecule has 1 fully saturated rings. The molecular weight excluding hydrogens is 312 g/mol. The zero-order chi connectivity index (χ0) is 14.0. The molecule has 1 saturated heterocycles. The van der Waals surface area contributed by atoms with Gasteiger partial charge >= 0.3 is 6.09 Å². The molecule has 5 nitrogen and oxygen atoms in total. The molecule has 1 amide bonds. The molecule has 0 unspecified atom stereocenters. The quantitative estimate of drug-likeness (QED) is 0.790. The number of hydrogen-bond donors (Lipinski definition) is 0. The molecule has 0 N–H and O–H groups in total. The minimum atomic E-state index is -0.441. The number of nitrogens with zero attached hydrogens (tertiary/aromatic N) is 2. The zero-order valence-electron chi connectivity index (χ0n) is 11.5. The van der Waals surface area contributed by atoms with Crippen LogP contribution in [0, 0.1) is 0 Å². The van der Waals surface area contributed by atoms with E-state index >= 15 is 0 Å². The minimum Gasteiger partial charge on any atom is -0.444 e. The third-order valence-electron chi connectivity index (χ3n) is 3.08. The van der Waals surface area contributed by atoms with Gasteiger partial charge in [0.2, 0.25) is 0 Å². The van der Waals surface area contributed by atoms with E-state index in [0.717, 1.165) is 18.5 Å². The van der Waals surface area contributed by atoms with Crippen LogP contribution >= 0.6 is 15.9 Å². The number of oxazole rings is 1. The number of carbonyl (C=O) groups excluding carboxylic acids is 1. The first-order chi connectivity index (χ1) is 8.87. The molecule has 1 aromatic rings. The van der Waals surface area contributed by atoms with Gasteiger partial charge < -0.3 is 14.1 Å². The summed E-state index contributed by atoms with van der Waals surface area (Å²) in [6, 6.07) is 0. The second kappa shape index (κ2) is 5.53. The van der Waals surface area contributed by atoms with E-state index in [4.69, 9.17) is 9.15 Å². The van der Waals surface area contributed by atoms with Crippen LogP contribution in [0.15, 0.2) is 15.5 Å². The van der Waals surface area contributed by atoms with Crippen LogP contribution in [0.25, 0.3) is 0 Å². The Kier molecular flexibility index (Phi) is 4.18. The van der Waals surface area contributed by atoms with E-state index in [1.54, 1.807) is 4.90 Å².